The quantitative estimate of drug-likeness (QED) is 0.600. The summed E-state index contributed by atoms with van der Waals surface area (Å²) in [4.78, 5) is 27.7. The molecule has 34 heavy (non-hydrogen) atoms. The van der Waals surface area contributed by atoms with E-state index in [1.165, 1.54) is 0 Å². The lowest BCUT2D eigenvalue weighted by Crippen LogP contribution is -2.41. The van der Waals surface area contributed by atoms with Crippen LogP contribution in [0.3, 0.4) is 0 Å². The molecule has 2 aliphatic rings. The van der Waals surface area contributed by atoms with Gasteiger partial charge in [-0.05, 0) is 61.2 Å². The second-order valence-corrected chi connectivity index (χ2v) is 8.56. The second kappa shape index (κ2) is 9.83. The van der Waals surface area contributed by atoms with E-state index >= 15 is 0 Å². The van der Waals surface area contributed by atoms with Gasteiger partial charge in [-0.25, -0.2) is 0 Å². The highest BCUT2D eigenvalue weighted by molar-refractivity contribution is 5.95. The van der Waals surface area contributed by atoms with E-state index in [4.69, 9.17) is 13.9 Å². The lowest BCUT2D eigenvalue weighted by Gasteiger charge is -2.25. The molecule has 0 atom stereocenters. The van der Waals surface area contributed by atoms with Crippen LogP contribution in [0.5, 0.6) is 5.75 Å². The van der Waals surface area contributed by atoms with Crippen LogP contribution in [0.1, 0.15) is 30.2 Å². The molecule has 0 radical (unpaired) electrons. The first-order valence-electron chi connectivity index (χ1n) is 11.7. The lowest BCUT2D eigenvalue weighted by molar-refractivity contribution is -0.118. The van der Waals surface area contributed by atoms with Crippen molar-refractivity contribution in [3.05, 3.63) is 69.6 Å². The van der Waals surface area contributed by atoms with Crippen molar-refractivity contribution >= 4 is 34.2 Å². The van der Waals surface area contributed by atoms with Crippen LogP contribution in [0.15, 0.2) is 51.7 Å². The molecule has 0 unspecified atom stereocenters. The molecule has 1 aliphatic heterocycles. The van der Waals surface area contributed by atoms with Crippen LogP contribution in [0, 0.1) is 0 Å². The average Bonchev–Trinajstić information content (AvgIpc) is 3.24. The maximum absolute atomic E-state index is 13.1. The molecule has 1 saturated heterocycles. The van der Waals surface area contributed by atoms with E-state index in [-0.39, 0.29) is 11.3 Å². The van der Waals surface area contributed by atoms with Crippen molar-refractivity contribution in [2.75, 3.05) is 44.8 Å². The number of nitrogens with zero attached hydrogens (tertiary/aromatic N) is 1. The minimum atomic E-state index is -0.0964. The number of ether oxygens (including phenoxy) is 2. The van der Waals surface area contributed by atoms with Crippen molar-refractivity contribution in [1.29, 1.82) is 0 Å². The van der Waals surface area contributed by atoms with Gasteiger partial charge >= 0.3 is 0 Å². The van der Waals surface area contributed by atoms with Crippen LogP contribution in [-0.4, -0.2) is 50.3 Å². The van der Waals surface area contributed by atoms with E-state index in [0.29, 0.717) is 60.8 Å². The summed E-state index contributed by atoms with van der Waals surface area (Å²) < 4.78 is 17.1. The molecular weight excluding hydrogens is 432 g/mol. The van der Waals surface area contributed by atoms with E-state index in [1.54, 1.807) is 18.2 Å². The fourth-order valence-corrected chi connectivity index (χ4v) is 4.50. The number of hydrogen-bond acceptors (Lipinski definition) is 6. The Morgan fingerprint density at radius 3 is 2.68 bits per heavy atom. The van der Waals surface area contributed by atoms with Gasteiger partial charge in [0.05, 0.1) is 31.8 Å². The van der Waals surface area contributed by atoms with Crippen LogP contribution in [0.4, 0.5) is 5.69 Å². The van der Waals surface area contributed by atoms with E-state index in [1.807, 2.05) is 31.2 Å². The van der Waals surface area contributed by atoms with E-state index < -0.39 is 0 Å². The Balaban J connectivity index is 1.39. The first kappa shape index (κ1) is 22.4. The molecule has 7 heteroatoms. The van der Waals surface area contributed by atoms with Crippen LogP contribution in [-0.2, 0) is 16.0 Å². The minimum absolute atomic E-state index is 0.00228. The van der Waals surface area contributed by atoms with Crippen LogP contribution >= 0.6 is 0 Å². The number of amides is 1. The third kappa shape index (κ3) is 4.76. The van der Waals surface area contributed by atoms with Gasteiger partial charge in [0, 0.05) is 30.4 Å². The number of anilines is 1. The van der Waals surface area contributed by atoms with Crippen molar-refractivity contribution in [3.8, 4) is 5.75 Å². The molecular formula is C27H28N2O5. The molecule has 2 aromatic carbocycles. The van der Waals surface area contributed by atoms with Crippen molar-refractivity contribution in [1.82, 2.24) is 4.90 Å². The van der Waals surface area contributed by atoms with Crippen molar-refractivity contribution in [2.24, 2.45) is 0 Å². The number of allylic oxidation sites excluding steroid dienone is 1. The third-order valence-corrected chi connectivity index (χ3v) is 6.21. The smallest absolute Gasteiger partial charge is 0.238 e. The Bertz CT molecular complexity index is 1290. The zero-order valence-corrected chi connectivity index (χ0v) is 19.3. The second-order valence-electron chi connectivity index (χ2n) is 8.56. The van der Waals surface area contributed by atoms with Gasteiger partial charge in [-0.2, -0.15) is 0 Å². The van der Waals surface area contributed by atoms with Crippen LogP contribution in [0.2, 0.25) is 0 Å². The summed E-state index contributed by atoms with van der Waals surface area (Å²) in [6.07, 6.45) is 3.47. The molecule has 1 fully saturated rings. The topological polar surface area (TPSA) is 81.0 Å². The predicted molar refractivity (Wildman–Crippen MR) is 132 cm³/mol. The summed E-state index contributed by atoms with van der Waals surface area (Å²) in [7, 11) is 0. The summed E-state index contributed by atoms with van der Waals surface area (Å²) in [6, 6.07) is 13.1. The standard InChI is InChI=1S/C27H28N2O5/c1-2-33-21-7-3-18(4-8-21)15-19-5-9-23-26(31)22-10-6-20(16-24(22)34-27(19)23)28-25(30)17-29-11-13-32-14-12-29/h3-4,6-8,10,15-16H,2,5,9,11-14,17H2,1H3,(H,28,30). The molecule has 1 aliphatic carbocycles. The van der Waals surface area contributed by atoms with Crippen molar-refractivity contribution < 1.29 is 18.7 Å². The van der Waals surface area contributed by atoms with Crippen LogP contribution < -0.4 is 15.5 Å². The Kier molecular flexibility index (Phi) is 6.47. The summed E-state index contributed by atoms with van der Waals surface area (Å²) in [6.45, 7) is 5.67. The number of carbonyl (C=O) groups excluding carboxylic acids is 1. The molecule has 0 spiro atoms. The number of nitrogens with one attached hydrogen (secondary N) is 1. The molecule has 176 valence electrons. The van der Waals surface area contributed by atoms with Crippen LogP contribution in [0.25, 0.3) is 22.6 Å². The first-order valence-corrected chi connectivity index (χ1v) is 11.7. The zero-order chi connectivity index (χ0) is 23.5. The monoisotopic (exact) mass is 460 g/mol. The first-order chi connectivity index (χ1) is 16.6. The van der Waals surface area contributed by atoms with E-state index in [9.17, 15) is 9.59 Å². The van der Waals surface area contributed by atoms with Gasteiger partial charge in [0.1, 0.15) is 17.1 Å². The maximum atomic E-state index is 13.1. The fraction of sp³-hybridized carbons (Fsp3) is 0.333. The molecule has 1 N–H and O–H groups in total. The normalized spacial score (nSPS) is 17.1. The molecule has 0 bridgehead atoms. The number of hydrogen-bond donors (Lipinski definition) is 1. The summed E-state index contributed by atoms with van der Waals surface area (Å²) in [5.41, 5.74) is 3.83. The molecule has 1 amide bonds. The number of benzene rings is 2. The predicted octanol–water partition coefficient (Wildman–Crippen LogP) is 3.95. The molecule has 0 saturated carbocycles. The fourth-order valence-electron chi connectivity index (χ4n) is 4.50. The summed E-state index contributed by atoms with van der Waals surface area (Å²) in [5, 5.41) is 3.46. The zero-order valence-electron chi connectivity index (χ0n) is 19.3. The molecule has 3 aromatic rings. The Hall–Kier alpha value is -3.42. The number of morpholine rings is 1. The number of rotatable bonds is 6. The van der Waals surface area contributed by atoms with Gasteiger partial charge in [0.15, 0.2) is 5.43 Å². The number of carbonyl (C=O) groups is 1. The highest BCUT2D eigenvalue weighted by Gasteiger charge is 2.24. The summed E-state index contributed by atoms with van der Waals surface area (Å²) in [5.74, 6) is 1.38. The van der Waals surface area contributed by atoms with Crippen molar-refractivity contribution in [3.63, 3.8) is 0 Å². The maximum Gasteiger partial charge on any atom is 0.238 e. The Morgan fingerprint density at radius 2 is 1.91 bits per heavy atom. The molecule has 1 aromatic heterocycles. The number of fused-ring (bicyclic) bond motifs is 2. The van der Waals surface area contributed by atoms with E-state index in [2.05, 4.69) is 16.3 Å². The van der Waals surface area contributed by atoms with Gasteiger partial charge in [-0.3, -0.25) is 14.5 Å². The SMILES string of the molecule is CCOc1ccc(C=C2CCc3c2oc2cc(NC(=O)CN4CCOCC4)ccc2c3=O)cc1. The molecule has 5 rings (SSSR count). The highest BCUT2D eigenvalue weighted by atomic mass is 16.5. The minimum Gasteiger partial charge on any atom is -0.494 e. The Morgan fingerprint density at radius 1 is 1.12 bits per heavy atom. The summed E-state index contributed by atoms with van der Waals surface area (Å²) >= 11 is 0. The van der Waals surface area contributed by atoms with Crippen molar-refractivity contribution in [2.45, 2.75) is 19.8 Å². The molecule has 7 nitrogen and oxygen atoms in total. The van der Waals surface area contributed by atoms with Gasteiger partial charge < -0.3 is 19.2 Å². The lowest BCUT2D eigenvalue weighted by atomic mass is 10.1. The van der Waals surface area contributed by atoms with Gasteiger partial charge in [0.2, 0.25) is 5.91 Å². The Labute approximate surface area is 198 Å². The molecule has 2 heterocycles. The highest BCUT2D eigenvalue weighted by Crippen LogP contribution is 2.34. The largest absolute Gasteiger partial charge is 0.494 e. The van der Waals surface area contributed by atoms with E-state index in [0.717, 1.165) is 36.4 Å². The van der Waals surface area contributed by atoms with Gasteiger partial charge in [-0.1, -0.05) is 12.1 Å². The third-order valence-electron chi connectivity index (χ3n) is 6.21. The van der Waals surface area contributed by atoms with Gasteiger partial charge in [-0.15, -0.1) is 0 Å². The average molecular weight is 461 g/mol. The van der Waals surface area contributed by atoms with Gasteiger partial charge in [0.25, 0.3) is 0 Å².